The van der Waals surface area contributed by atoms with Gasteiger partial charge in [-0.05, 0) is 42.5 Å². The second-order valence-electron chi connectivity index (χ2n) is 6.50. The molecule has 2 aromatic carbocycles. The van der Waals surface area contributed by atoms with Gasteiger partial charge in [0.25, 0.3) is 5.56 Å². The van der Waals surface area contributed by atoms with E-state index < -0.39 is 9.84 Å². The smallest absolute Gasteiger partial charge is 0.274 e. The van der Waals surface area contributed by atoms with Crippen LogP contribution in [0.4, 0.5) is 0 Å². The number of hydrogen-bond donors (Lipinski definition) is 1. The fourth-order valence-electron chi connectivity index (χ4n) is 3.09. The third kappa shape index (κ3) is 3.20. The molecule has 2 heterocycles. The summed E-state index contributed by atoms with van der Waals surface area (Å²) in [6.45, 7) is 0. The fourth-order valence-corrected chi connectivity index (χ4v) is 3.74. The SMILES string of the molecule is Cn1cc(-c2cc(S(C)(=O)=O)ccc2Oc2c[c]ccc2)c2cc[nH]c2c1=O. The van der Waals surface area contributed by atoms with Crippen molar-refractivity contribution in [3.05, 3.63) is 77.3 Å². The van der Waals surface area contributed by atoms with Gasteiger partial charge in [-0.1, -0.05) is 12.1 Å². The first-order valence-corrected chi connectivity index (χ1v) is 10.4. The van der Waals surface area contributed by atoms with Crippen LogP contribution in [0.2, 0.25) is 0 Å². The molecule has 0 fully saturated rings. The molecular weight excluding hydrogens is 376 g/mol. The first-order chi connectivity index (χ1) is 13.3. The number of sulfone groups is 1. The number of nitrogens with one attached hydrogen (secondary N) is 1. The van der Waals surface area contributed by atoms with Crippen LogP contribution in [0.1, 0.15) is 0 Å². The minimum atomic E-state index is -3.42. The van der Waals surface area contributed by atoms with Crippen molar-refractivity contribution in [2.75, 3.05) is 6.26 Å². The van der Waals surface area contributed by atoms with Crippen molar-refractivity contribution in [2.45, 2.75) is 4.90 Å². The van der Waals surface area contributed by atoms with E-state index in [9.17, 15) is 13.2 Å². The van der Waals surface area contributed by atoms with E-state index in [1.54, 1.807) is 61.9 Å². The third-order valence-electron chi connectivity index (χ3n) is 4.47. The maximum absolute atomic E-state index is 12.4. The maximum atomic E-state index is 12.4. The number of hydrogen-bond acceptors (Lipinski definition) is 4. The zero-order valence-corrected chi connectivity index (χ0v) is 16.1. The minimum Gasteiger partial charge on any atom is -0.457 e. The van der Waals surface area contributed by atoms with Crippen molar-refractivity contribution in [3.63, 3.8) is 0 Å². The number of nitrogens with zero attached hydrogens (tertiary/aromatic N) is 1. The van der Waals surface area contributed by atoms with Gasteiger partial charge in [-0.25, -0.2) is 8.42 Å². The number of benzene rings is 2. The Kier molecular flexibility index (Phi) is 4.31. The summed E-state index contributed by atoms with van der Waals surface area (Å²) in [7, 11) is -1.77. The molecule has 0 saturated heterocycles. The monoisotopic (exact) mass is 393 g/mol. The number of rotatable bonds is 4. The molecule has 0 aliphatic carbocycles. The van der Waals surface area contributed by atoms with Gasteiger partial charge in [0.1, 0.15) is 17.0 Å². The lowest BCUT2D eigenvalue weighted by Crippen LogP contribution is -2.16. The number of ether oxygens (including phenoxy) is 1. The second kappa shape index (κ2) is 6.69. The summed E-state index contributed by atoms with van der Waals surface area (Å²) < 4.78 is 31.7. The van der Waals surface area contributed by atoms with Crippen LogP contribution >= 0.6 is 0 Å². The van der Waals surface area contributed by atoms with Crippen LogP contribution in [0.15, 0.2) is 70.6 Å². The molecule has 7 heteroatoms. The molecule has 0 amide bonds. The first kappa shape index (κ1) is 18.1. The molecular formula is C21H17N2O4S. The Hall–Kier alpha value is -3.32. The van der Waals surface area contributed by atoms with E-state index in [1.165, 1.54) is 10.6 Å². The highest BCUT2D eigenvalue weighted by molar-refractivity contribution is 7.90. The number of pyridine rings is 1. The molecule has 4 aromatic rings. The van der Waals surface area contributed by atoms with Crippen LogP contribution < -0.4 is 10.3 Å². The molecule has 4 rings (SSSR count). The van der Waals surface area contributed by atoms with Gasteiger partial charge in [0.05, 0.1) is 4.90 Å². The molecule has 0 aliphatic heterocycles. The van der Waals surface area contributed by atoms with Crippen LogP contribution in [0.25, 0.3) is 22.0 Å². The first-order valence-electron chi connectivity index (χ1n) is 8.50. The summed E-state index contributed by atoms with van der Waals surface area (Å²) in [6.07, 6.45) is 4.53. The van der Waals surface area contributed by atoms with Crippen molar-refractivity contribution in [1.29, 1.82) is 0 Å². The molecule has 1 N–H and O–H groups in total. The summed E-state index contributed by atoms with van der Waals surface area (Å²) in [5.74, 6) is 1.05. The third-order valence-corrected chi connectivity index (χ3v) is 5.58. The van der Waals surface area contributed by atoms with E-state index in [4.69, 9.17) is 4.74 Å². The molecule has 0 saturated carbocycles. The fraction of sp³-hybridized carbons (Fsp3) is 0.0952. The topological polar surface area (TPSA) is 81.2 Å². The van der Waals surface area contributed by atoms with E-state index >= 15 is 0 Å². The summed E-state index contributed by atoms with van der Waals surface area (Å²) in [4.78, 5) is 15.5. The van der Waals surface area contributed by atoms with E-state index in [2.05, 4.69) is 11.1 Å². The number of aromatic nitrogens is 2. The van der Waals surface area contributed by atoms with E-state index in [0.29, 0.717) is 33.5 Å². The standard InChI is InChI=1S/C21H17N2O4S/c1-23-13-18(16-10-11-22-20(16)21(23)24)17-12-15(28(2,25)26)8-9-19(17)27-14-6-4-3-5-7-14/h3-4,6-13,22H,1-2H3. The van der Waals surface area contributed by atoms with Gasteiger partial charge in [-0.15, -0.1) is 0 Å². The summed E-state index contributed by atoms with van der Waals surface area (Å²) >= 11 is 0. The molecule has 0 unspecified atom stereocenters. The zero-order valence-electron chi connectivity index (χ0n) is 15.3. The minimum absolute atomic E-state index is 0.164. The van der Waals surface area contributed by atoms with Crippen LogP contribution in [0, 0.1) is 6.07 Å². The van der Waals surface area contributed by atoms with Crippen molar-refractivity contribution in [1.82, 2.24) is 9.55 Å². The lowest BCUT2D eigenvalue weighted by Gasteiger charge is -2.14. The summed E-state index contributed by atoms with van der Waals surface area (Å²) in [6, 6.07) is 16.5. The van der Waals surface area contributed by atoms with Gasteiger partial charge in [0.2, 0.25) is 0 Å². The van der Waals surface area contributed by atoms with Crippen LogP contribution in [-0.2, 0) is 16.9 Å². The summed E-state index contributed by atoms with van der Waals surface area (Å²) in [5, 5.41) is 0.693. The lowest BCUT2D eigenvalue weighted by atomic mass is 10.0. The Morgan fingerprint density at radius 3 is 2.68 bits per heavy atom. The zero-order chi connectivity index (χ0) is 19.9. The summed E-state index contributed by atoms with van der Waals surface area (Å²) in [5.41, 5.74) is 1.55. The maximum Gasteiger partial charge on any atom is 0.274 e. The van der Waals surface area contributed by atoms with Gasteiger partial charge in [-0.3, -0.25) is 4.79 Å². The van der Waals surface area contributed by atoms with Crippen LogP contribution in [0.5, 0.6) is 11.5 Å². The predicted molar refractivity (Wildman–Crippen MR) is 107 cm³/mol. The Labute approximate surface area is 161 Å². The Bertz CT molecular complexity index is 1340. The molecule has 2 aromatic heterocycles. The number of aromatic amines is 1. The predicted octanol–water partition coefficient (Wildman–Crippen LogP) is 3.53. The molecule has 28 heavy (non-hydrogen) atoms. The van der Waals surface area contributed by atoms with Crippen molar-refractivity contribution in [2.24, 2.45) is 7.05 Å². The Balaban J connectivity index is 2.00. The Morgan fingerprint density at radius 2 is 1.96 bits per heavy atom. The average Bonchev–Trinajstić information content (AvgIpc) is 3.15. The van der Waals surface area contributed by atoms with E-state index in [0.717, 1.165) is 6.26 Å². The molecule has 6 nitrogen and oxygen atoms in total. The highest BCUT2D eigenvalue weighted by Gasteiger charge is 2.18. The van der Waals surface area contributed by atoms with Gasteiger partial charge < -0.3 is 14.3 Å². The van der Waals surface area contributed by atoms with Gasteiger partial charge in [0.15, 0.2) is 9.84 Å². The van der Waals surface area contributed by atoms with Crippen molar-refractivity contribution < 1.29 is 13.2 Å². The largest absolute Gasteiger partial charge is 0.457 e. The molecule has 1 radical (unpaired) electrons. The molecule has 141 valence electrons. The average molecular weight is 393 g/mol. The highest BCUT2D eigenvalue weighted by atomic mass is 32.2. The Morgan fingerprint density at radius 1 is 1.14 bits per heavy atom. The van der Waals surface area contributed by atoms with Crippen LogP contribution in [-0.4, -0.2) is 24.2 Å². The van der Waals surface area contributed by atoms with Gasteiger partial charge >= 0.3 is 0 Å². The quantitative estimate of drug-likeness (QED) is 0.575. The van der Waals surface area contributed by atoms with E-state index in [-0.39, 0.29) is 10.5 Å². The second-order valence-corrected chi connectivity index (χ2v) is 8.51. The van der Waals surface area contributed by atoms with Gasteiger partial charge in [-0.2, -0.15) is 0 Å². The lowest BCUT2D eigenvalue weighted by molar-refractivity contribution is 0.484. The van der Waals surface area contributed by atoms with E-state index in [1.807, 2.05) is 0 Å². The number of aryl methyl sites for hydroxylation is 1. The van der Waals surface area contributed by atoms with Crippen LogP contribution in [0.3, 0.4) is 0 Å². The molecule has 0 atom stereocenters. The van der Waals surface area contributed by atoms with Crippen molar-refractivity contribution in [3.8, 4) is 22.6 Å². The van der Waals surface area contributed by atoms with Crippen molar-refractivity contribution >= 4 is 20.7 Å². The highest BCUT2D eigenvalue weighted by Crippen LogP contribution is 2.37. The molecule has 0 spiro atoms. The number of fused-ring (bicyclic) bond motifs is 1. The molecule has 0 bridgehead atoms. The number of H-pyrrole nitrogens is 1. The normalized spacial score (nSPS) is 11.6. The van der Waals surface area contributed by atoms with Gasteiger partial charge in [0, 0.05) is 42.2 Å². The molecule has 0 aliphatic rings.